The fourth-order valence-electron chi connectivity index (χ4n) is 2.92. The minimum absolute atomic E-state index is 0.195. The zero-order valence-corrected chi connectivity index (χ0v) is 14.1. The average molecular weight is 322 g/mol. The molecule has 0 spiro atoms. The summed E-state index contributed by atoms with van der Waals surface area (Å²) in [6.07, 6.45) is 5.76. The molecule has 5 nitrogen and oxygen atoms in total. The molecule has 0 aliphatic carbocycles. The maximum atomic E-state index is 8.84. The van der Waals surface area contributed by atoms with Crippen LogP contribution >= 0.6 is 0 Å². The number of benzene rings is 1. The zero-order chi connectivity index (χ0) is 16.9. The van der Waals surface area contributed by atoms with Gasteiger partial charge in [-0.2, -0.15) is 5.26 Å². The van der Waals surface area contributed by atoms with Gasteiger partial charge in [0.2, 0.25) is 0 Å². The van der Waals surface area contributed by atoms with Gasteiger partial charge < -0.3 is 9.64 Å². The quantitative estimate of drug-likeness (QED) is 0.864. The third-order valence-corrected chi connectivity index (χ3v) is 4.45. The lowest BCUT2D eigenvalue weighted by atomic mass is 10.1. The van der Waals surface area contributed by atoms with Gasteiger partial charge in [0, 0.05) is 37.1 Å². The third kappa shape index (κ3) is 3.90. The van der Waals surface area contributed by atoms with E-state index in [0.29, 0.717) is 17.6 Å². The van der Waals surface area contributed by atoms with Crippen molar-refractivity contribution in [1.82, 2.24) is 14.9 Å². The van der Waals surface area contributed by atoms with Gasteiger partial charge in [-0.25, -0.2) is 9.97 Å². The molecule has 0 unspecified atom stereocenters. The van der Waals surface area contributed by atoms with Crippen LogP contribution in [0.4, 0.5) is 0 Å². The number of nitriles is 1. The lowest BCUT2D eigenvalue weighted by Crippen LogP contribution is -2.41. The van der Waals surface area contributed by atoms with Crippen LogP contribution in [0.1, 0.15) is 32.3 Å². The number of rotatable bonds is 4. The van der Waals surface area contributed by atoms with Crippen molar-refractivity contribution in [2.45, 2.75) is 38.8 Å². The van der Waals surface area contributed by atoms with E-state index < -0.39 is 0 Å². The Kier molecular flexibility index (Phi) is 5.07. The predicted molar refractivity (Wildman–Crippen MR) is 92.5 cm³/mol. The van der Waals surface area contributed by atoms with Gasteiger partial charge in [-0.15, -0.1) is 0 Å². The summed E-state index contributed by atoms with van der Waals surface area (Å²) in [5.74, 6) is 0. The van der Waals surface area contributed by atoms with Gasteiger partial charge in [0.15, 0.2) is 0 Å². The lowest BCUT2D eigenvalue weighted by Gasteiger charge is -2.34. The molecule has 3 rings (SSSR count). The molecule has 0 radical (unpaired) electrons. The lowest BCUT2D eigenvalue weighted by molar-refractivity contribution is 0.0779. The van der Waals surface area contributed by atoms with E-state index in [9.17, 15) is 0 Å². The summed E-state index contributed by atoms with van der Waals surface area (Å²) in [6.45, 7) is 6.58. The molecule has 0 amide bonds. The van der Waals surface area contributed by atoms with Gasteiger partial charge in [-0.3, -0.25) is 0 Å². The molecule has 1 saturated heterocycles. The first-order chi connectivity index (χ1) is 11.7. The molecule has 1 aromatic heterocycles. The molecule has 2 aromatic rings. The summed E-state index contributed by atoms with van der Waals surface area (Å²) >= 11 is 0. The van der Waals surface area contributed by atoms with Gasteiger partial charge in [0.25, 0.3) is 0 Å². The van der Waals surface area contributed by atoms with Gasteiger partial charge in [-0.05, 0) is 44.4 Å². The van der Waals surface area contributed by atoms with Crippen molar-refractivity contribution < 1.29 is 4.74 Å². The van der Waals surface area contributed by atoms with Crippen LogP contribution in [0, 0.1) is 11.3 Å². The fourth-order valence-corrected chi connectivity index (χ4v) is 2.92. The summed E-state index contributed by atoms with van der Waals surface area (Å²) in [4.78, 5) is 11.1. The Morgan fingerprint density at radius 1 is 1.08 bits per heavy atom. The second kappa shape index (κ2) is 7.41. The highest BCUT2D eigenvalue weighted by atomic mass is 16.5. The largest absolute Gasteiger partial charge is 0.460 e. The van der Waals surface area contributed by atoms with Gasteiger partial charge in [0.05, 0.1) is 11.6 Å². The Labute approximate surface area is 142 Å². The molecule has 1 fully saturated rings. The predicted octanol–water partition coefficient (Wildman–Crippen LogP) is 3.27. The highest BCUT2D eigenvalue weighted by Crippen LogP contribution is 2.21. The normalized spacial score (nSPS) is 16.1. The smallest absolute Gasteiger partial charge is 0.316 e. The Hall–Kier alpha value is -2.45. The SMILES string of the molecule is CC(C)N1CCC(Oc2ncc(-c3ccc(C#N)cc3)cn2)CC1. The molecule has 24 heavy (non-hydrogen) atoms. The van der Waals surface area contributed by atoms with Crippen molar-refractivity contribution in [3.63, 3.8) is 0 Å². The Morgan fingerprint density at radius 3 is 2.25 bits per heavy atom. The zero-order valence-electron chi connectivity index (χ0n) is 14.1. The van der Waals surface area contributed by atoms with Crippen LogP contribution in [0.2, 0.25) is 0 Å². The number of ether oxygens (including phenoxy) is 1. The molecule has 124 valence electrons. The van der Waals surface area contributed by atoms with Crippen LogP contribution in [0.5, 0.6) is 6.01 Å². The third-order valence-electron chi connectivity index (χ3n) is 4.45. The summed E-state index contributed by atoms with van der Waals surface area (Å²) in [6, 6.07) is 10.5. The summed E-state index contributed by atoms with van der Waals surface area (Å²) in [7, 11) is 0. The van der Waals surface area contributed by atoms with Crippen LogP contribution < -0.4 is 4.74 Å². The minimum atomic E-state index is 0.195. The summed E-state index contributed by atoms with van der Waals surface area (Å²) < 4.78 is 5.92. The van der Waals surface area contributed by atoms with E-state index in [2.05, 4.69) is 34.8 Å². The molecule has 0 N–H and O–H groups in total. The monoisotopic (exact) mass is 322 g/mol. The van der Waals surface area contributed by atoms with Crippen LogP contribution in [-0.4, -0.2) is 40.1 Å². The number of hydrogen-bond acceptors (Lipinski definition) is 5. The molecule has 0 saturated carbocycles. The average Bonchev–Trinajstić information content (AvgIpc) is 2.63. The molecular formula is C19H22N4O. The van der Waals surface area contributed by atoms with Crippen LogP contribution in [-0.2, 0) is 0 Å². The topological polar surface area (TPSA) is 62.0 Å². The van der Waals surface area contributed by atoms with Crippen LogP contribution in [0.3, 0.4) is 0 Å². The first-order valence-corrected chi connectivity index (χ1v) is 8.39. The fraction of sp³-hybridized carbons (Fsp3) is 0.421. The molecule has 1 aliphatic rings. The molecule has 0 atom stereocenters. The van der Waals surface area contributed by atoms with E-state index in [0.717, 1.165) is 37.1 Å². The molecule has 2 heterocycles. The van der Waals surface area contributed by atoms with Crippen molar-refractivity contribution in [3.8, 4) is 23.2 Å². The van der Waals surface area contributed by atoms with E-state index in [4.69, 9.17) is 10.00 Å². The van der Waals surface area contributed by atoms with Crippen molar-refractivity contribution in [1.29, 1.82) is 5.26 Å². The van der Waals surface area contributed by atoms with E-state index in [1.54, 1.807) is 24.5 Å². The number of nitrogens with zero attached hydrogens (tertiary/aromatic N) is 4. The van der Waals surface area contributed by atoms with E-state index in [-0.39, 0.29) is 6.10 Å². The first kappa shape index (κ1) is 16.4. The second-order valence-corrected chi connectivity index (χ2v) is 6.39. The molecule has 1 aromatic carbocycles. The van der Waals surface area contributed by atoms with Crippen molar-refractivity contribution in [3.05, 3.63) is 42.2 Å². The highest BCUT2D eigenvalue weighted by Gasteiger charge is 2.22. The van der Waals surface area contributed by atoms with Gasteiger partial charge >= 0.3 is 6.01 Å². The van der Waals surface area contributed by atoms with E-state index in [1.165, 1.54) is 0 Å². The standard InChI is InChI=1S/C19H22N4O/c1-14(2)23-9-7-18(8-10-23)24-19-21-12-17(13-22-19)16-5-3-15(11-20)4-6-16/h3-6,12-14,18H,7-10H2,1-2H3. The Balaban J connectivity index is 1.60. The summed E-state index contributed by atoms with van der Waals surface area (Å²) in [5, 5.41) is 8.84. The Bertz CT molecular complexity index is 696. The number of hydrogen-bond donors (Lipinski definition) is 0. The molecule has 1 aliphatic heterocycles. The first-order valence-electron chi connectivity index (χ1n) is 8.39. The van der Waals surface area contributed by atoms with E-state index in [1.807, 2.05) is 12.1 Å². The van der Waals surface area contributed by atoms with Gasteiger partial charge in [-0.1, -0.05) is 12.1 Å². The minimum Gasteiger partial charge on any atom is -0.460 e. The van der Waals surface area contributed by atoms with E-state index >= 15 is 0 Å². The maximum Gasteiger partial charge on any atom is 0.316 e. The number of piperidine rings is 1. The second-order valence-electron chi connectivity index (χ2n) is 6.39. The number of likely N-dealkylation sites (tertiary alicyclic amines) is 1. The Morgan fingerprint density at radius 2 is 1.71 bits per heavy atom. The van der Waals surface area contributed by atoms with Crippen molar-refractivity contribution in [2.24, 2.45) is 0 Å². The van der Waals surface area contributed by atoms with Crippen LogP contribution in [0.25, 0.3) is 11.1 Å². The van der Waals surface area contributed by atoms with Crippen LogP contribution in [0.15, 0.2) is 36.7 Å². The molecular weight excluding hydrogens is 300 g/mol. The highest BCUT2D eigenvalue weighted by molar-refractivity contribution is 5.62. The molecule has 0 bridgehead atoms. The van der Waals surface area contributed by atoms with Crippen molar-refractivity contribution >= 4 is 0 Å². The van der Waals surface area contributed by atoms with Gasteiger partial charge in [0.1, 0.15) is 6.10 Å². The molecule has 5 heteroatoms. The summed E-state index contributed by atoms with van der Waals surface area (Å²) in [5.41, 5.74) is 2.56. The van der Waals surface area contributed by atoms with Crippen molar-refractivity contribution in [2.75, 3.05) is 13.1 Å². The number of aromatic nitrogens is 2. The maximum absolute atomic E-state index is 8.84.